The Bertz CT molecular complexity index is 444. The molecule has 2 atom stereocenters. The first-order valence-corrected chi connectivity index (χ1v) is 5.08. The molecule has 8 nitrogen and oxygen atoms in total. The van der Waals surface area contributed by atoms with Crippen LogP contribution in [0.1, 0.15) is 6.92 Å². The third kappa shape index (κ3) is 1.74. The van der Waals surface area contributed by atoms with Crippen molar-refractivity contribution in [1.29, 1.82) is 0 Å². The van der Waals surface area contributed by atoms with Crippen LogP contribution in [0.15, 0.2) is 11.1 Å². The van der Waals surface area contributed by atoms with Crippen LogP contribution >= 0.6 is 0 Å². The molecule has 0 amide bonds. The largest absolute Gasteiger partial charge is 0.466 e. The summed E-state index contributed by atoms with van der Waals surface area (Å²) in [6.07, 6.45) is 0. The lowest BCUT2D eigenvalue weighted by molar-refractivity contribution is -0.526. The number of carbonyl (C=O) groups excluding carboxylic acids is 2. The fourth-order valence-electron chi connectivity index (χ4n) is 2.09. The molecular formula is C10H14N2O6. The third-order valence-corrected chi connectivity index (χ3v) is 3.13. The van der Waals surface area contributed by atoms with Gasteiger partial charge in [0.15, 0.2) is 0 Å². The highest BCUT2D eigenvalue weighted by atomic mass is 16.6. The SMILES string of the molecule is CNC1(C)C(C(=O)OC)=C(C(=O)OC)C1[N+](=O)[O-]. The summed E-state index contributed by atoms with van der Waals surface area (Å²) in [5.41, 5.74) is -1.59. The van der Waals surface area contributed by atoms with Gasteiger partial charge in [0.25, 0.3) is 6.04 Å². The van der Waals surface area contributed by atoms with E-state index in [2.05, 4.69) is 14.8 Å². The van der Waals surface area contributed by atoms with Gasteiger partial charge in [-0.2, -0.15) is 0 Å². The number of rotatable bonds is 4. The Balaban J connectivity index is 3.40. The highest BCUT2D eigenvalue weighted by molar-refractivity contribution is 6.06. The first-order chi connectivity index (χ1) is 8.34. The average Bonchev–Trinajstić information content (AvgIpc) is 2.33. The van der Waals surface area contributed by atoms with E-state index in [0.717, 1.165) is 14.2 Å². The van der Waals surface area contributed by atoms with Crippen LogP contribution in [0.25, 0.3) is 0 Å². The fourth-order valence-corrected chi connectivity index (χ4v) is 2.09. The summed E-state index contributed by atoms with van der Waals surface area (Å²) in [5.74, 6) is -1.69. The number of hydrogen-bond donors (Lipinski definition) is 1. The lowest BCUT2D eigenvalue weighted by atomic mass is 9.67. The van der Waals surface area contributed by atoms with Gasteiger partial charge in [0.2, 0.25) is 0 Å². The molecule has 0 spiro atoms. The van der Waals surface area contributed by atoms with Gasteiger partial charge in [0, 0.05) is 4.92 Å². The number of nitrogens with one attached hydrogen (secondary N) is 1. The van der Waals surface area contributed by atoms with Gasteiger partial charge in [0.1, 0.15) is 11.1 Å². The molecule has 0 aliphatic heterocycles. The number of likely N-dealkylation sites (N-methyl/N-ethyl adjacent to an activating group) is 1. The molecule has 2 unspecified atom stereocenters. The first-order valence-electron chi connectivity index (χ1n) is 5.08. The average molecular weight is 258 g/mol. The maximum Gasteiger partial charge on any atom is 0.341 e. The second-order valence-electron chi connectivity index (χ2n) is 3.91. The second-order valence-corrected chi connectivity index (χ2v) is 3.91. The summed E-state index contributed by atoms with van der Waals surface area (Å²) in [7, 11) is 3.70. The molecule has 1 aliphatic rings. The summed E-state index contributed by atoms with van der Waals surface area (Å²) in [6.45, 7) is 1.46. The molecular weight excluding hydrogens is 244 g/mol. The minimum Gasteiger partial charge on any atom is -0.466 e. The number of nitrogens with zero attached hydrogens (tertiary/aromatic N) is 1. The lowest BCUT2D eigenvalue weighted by Crippen LogP contribution is -2.66. The molecule has 0 aromatic rings. The van der Waals surface area contributed by atoms with E-state index < -0.39 is 28.4 Å². The Kier molecular flexibility index (Phi) is 3.70. The molecule has 8 heteroatoms. The van der Waals surface area contributed by atoms with Crippen LogP contribution < -0.4 is 5.32 Å². The minimum atomic E-state index is -1.34. The van der Waals surface area contributed by atoms with Crippen LogP contribution in [0.5, 0.6) is 0 Å². The molecule has 0 fully saturated rings. The van der Waals surface area contributed by atoms with Crippen LogP contribution in [0.3, 0.4) is 0 Å². The zero-order valence-electron chi connectivity index (χ0n) is 10.5. The normalized spacial score (nSPS) is 26.3. The van der Waals surface area contributed by atoms with Gasteiger partial charge in [-0.3, -0.25) is 10.1 Å². The molecule has 0 saturated carbocycles. The van der Waals surface area contributed by atoms with E-state index in [1.807, 2.05) is 0 Å². The van der Waals surface area contributed by atoms with Crippen molar-refractivity contribution in [2.45, 2.75) is 18.5 Å². The van der Waals surface area contributed by atoms with E-state index >= 15 is 0 Å². The molecule has 0 bridgehead atoms. The fraction of sp³-hybridized carbons (Fsp3) is 0.600. The second kappa shape index (κ2) is 4.73. The van der Waals surface area contributed by atoms with Crippen molar-refractivity contribution in [1.82, 2.24) is 5.32 Å². The minimum absolute atomic E-state index is 0.0685. The van der Waals surface area contributed by atoms with Crippen molar-refractivity contribution >= 4 is 11.9 Å². The maximum atomic E-state index is 11.6. The molecule has 0 radical (unpaired) electrons. The lowest BCUT2D eigenvalue weighted by Gasteiger charge is -2.41. The summed E-state index contributed by atoms with van der Waals surface area (Å²) in [4.78, 5) is 33.5. The van der Waals surface area contributed by atoms with Crippen molar-refractivity contribution in [2.24, 2.45) is 0 Å². The van der Waals surface area contributed by atoms with Gasteiger partial charge in [-0.25, -0.2) is 9.59 Å². The van der Waals surface area contributed by atoms with E-state index in [1.165, 1.54) is 14.0 Å². The van der Waals surface area contributed by atoms with Gasteiger partial charge in [-0.1, -0.05) is 0 Å². The number of carbonyl (C=O) groups is 2. The predicted octanol–water partition coefficient (Wildman–Crippen LogP) is -0.734. The van der Waals surface area contributed by atoms with Gasteiger partial charge in [0.05, 0.1) is 19.8 Å². The van der Waals surface area contributed by atoms with Crippen molar-refractivity contribution in [3.05, 3.63) is 21.3 Å². The van der Waals surface area contributed by atoms with Gasteiger partial charge in [-0.05, 0) is 14.0 Å². The van der Waals surface area contributed by atoms with Gasteiger partial charge in [-0.15, -0.1) is 0 Å². The molecule has 0 aromatic carbocycles. The summed E-state index contributed by atoms with van der Waals surface area (Å²) >= 11 is 0. The van der Waals surface area contributed by atoms with Crippen molar-refractivity contribution < 1.29 is 24.0 Å². The quantitative estimate of drug-likeness (QED) is 0.402. The zero-order chi connectivity index (χ0) is 14.1. The van der Waals surface area contributed by atoms with Crippen molar-refractivity contribution in [3.8, 4) is 0 Å². The third-order valence-electron chi connectivity index (χ3n) is 3.13. The van der Waals surface area contributed by atoms with Gasteiger partial charge < -0.3 is 14.8 Å². The Morgan fingerprint density at radius 1 is 1.33 bits per heavy atom. The smallest absolute Gasteiger partial charge is 0.341 e. The Morgan fingerprint density at radius 3 is 2.17 bits per heavy atom. The van der Waals surface area contributed by atoms with E-state index in [9.17, 15) is 19.7 Å². The van der Waals surface area contributed by atoms with E-state index in [1.54, 1.807) is 0 Å². The van der Waals surface area contributed by atoms with E-state index in [-0.39, 0.29) is 11.1 Å². The number of methoxy groups -OCH3 is 2. The van der Waals surface area contributed by atoms with Crippen LogP contribution in [-0.4, -0.2) is 49.7 Å². The Morgan fingerprint density at radius 2 is 1.83 bits per heavy atom. The predicted molar refractivity (Wildman–Crippen MR) is 59.3 cm³/mol. The molecule has 0 heterocycles. The molecule has 1 aliphatic carbocycles. The molecule has 0 saturated heterocycles. The summed E-state index contributed by atoms with van der Waals surface area (Å²) in [5, 5.41) is 13.7. The summed E-state index contributed by atoms with van der Waals surface area (Å²) in [6, 6.07) is -1.34. The number of ether oxygens (including phenoxy) is 2. The number of hydrogen-bond acceptors (Lipinski definition) is 7. The Hall–Kier alpha value is -1.96. The van der Waals surface area contributed by atoms with Crippen molar-refractivity contribution in [2.75, 3.05) is 21.3 Å². The van der Waals surface area contributed by atoms with Crippen molar-refractivity contribution in [3.63, 3.8) is 0 Å². The first kappa shape index (κ1) is 14.1. The maximum absolute atomic E-state index is 11.6. The van der Waals surface area contributed by atoms with Crippen LogP contribution in [0.4, 0.5) is 0 Å². The molecule has 18 heavy (non-hydrogen) atoms. The number of esters is 2. The molecule has 0 aromatic heterocycles. The van der Waals surface area contributed by atoms with E-state index in [0.29, 0.717) is 0 Å². The highest BCUT2D eigenvalue weighted by Crippen LogP contribution is 2.41. The standard InChI is InChI=1S/C10H14N2O6/c1-10(11-2)6(9(14)18-4)5(8(13)17-3)7(10)12(15)16/h7,11H,1-4H3. The zero-order valence-corrected chi connectivity index (χ0v) is 10.5. The molecule has 1 N–H and O–H groups in total. The van der Waals surface area contributed by atoms with Gasteiger partial charge >= 0.3 is 11.9 Å². The van der Waals surface area contributed by atoms with E-state index in [4.69, 9.17) is 0 Å². The topological polar surface area (TPSA) is 108 Å². The Labute approximate surface area is 103 Å². The number of nitro groups is 1. The molecule has 100 valence electrons. The van der Waals surface area contributed by atoms with Crippen LogP contribution in [-0.2, 0) is 19.1 Å². The monoisotopic (exact) mass is 258 g/mol. The molecule has 1 rings (SSSR count). The van der Waals surface area contributed by atoms with Crippen LogP contribution in [0, 0.1) is 10.1 Å². The van der Waals surface area contributed by atoms with Crippen LogP contribution in [0.2, 0.25) is 0 Å². The summed E-state index contributed by atoms with van der Waals surface area (Å²) < 4.78 is 9.00. The highest BCUT2D eigenvalue weighted by Gasteiger charge is 2.63.